The van der Waals surface area contributed by atoms with E-state index < -0.39 is 0 Å². The summed E-state index contributed by atoms with van der Waals surface area (Å²) in [6, 6.07) is 5.79. The van der Waals surface area contributed by atoms with E-state index in [4.69, 9.17) is 0 Å². The molecule has 0 bridgehead atoms. The number of urea groups is 1. The lowest BCUT2D eigenvalue weighted by Crippen LogP contribution is -2.38. The number of carbonyl (C=O) groups is 2. The van der Waals surface area contributed by atoms with Gasteiger partial charge in [-0.2, -0.15) is 0 Å². The van der Waals surface area contributed by atoms with Crippen molar-refractivity contribution in [2.45, 2.75) is 39.0 Å². The van der Waals surface area contributed by atoms with Crippen LogP contribution in [0.25, 0.3) is 0 Å². The fourth-order valence-corrected chi connectivity index (χ4v) is 3.64. The Bertz CT molecular complexity index is 626. The van der Waals surface area contributed by atoms with Crippen molar-refractivity contribution in [3.8, 4) is 0 Å². The number of piperidine rings is 1. The Kier molecular flexibility index (Phi) is 5.91. The lowest BCUT2D eigenvalue weighted by Gasteiger charge is -2.22. The van der Waals surface area contributed by atoms with Crippen LogP contribution in [0.1, 0.15) is 38.2 Å². The molecular formula is C19H28N4O2. The fraction of sp³-hybridized carbons (Fsp3) is 0.579. The van der Waals surface area contributed by atoms with Crippen LogP contribution < -0.4 is 20.9 Å². The molecule has 0 saturated carbocycles. The van der Waals surface area contributed by atoms with E-state index in [9.17, 15) is 9.59 Å². The molecule has 0 atom stereocenters. The normalized spacial score (nSPS) is 17.2. The number of anilines is 2. The van der Waals surface area contributed by atoms with E-state index in [2.05, 4.69) is 16.0 Å². The molecule has 3 rings (SSSR count). The van der Waals surface area contributed by atoms with Crippen molar-refractivity contribution in [2.24, 2.45) is 5.92 Å². The van der Waals surface area contributed by atoms with Crippen molar-refractivity contribution in [3.63, 3.8) is 0 Å². The zero-order valence-electron chi connectivity index (χ0n) is 14.9. The molecular weight excluding hydrogens is 316 g/mol. The topological polar surface area (TPSA) is 73.5 Å². The first kappa shape index (κ1) is 17.7. The van der Waals surface area contributed by atoms with E-state index in [1.54, 1.807) is 4.90 Å². The minimum absolute atomic E-state index is 0.0565. The maximum atomic E-state index is 12.3. The number of fused-ring (bicyclic) bond motifs is 1. The summed E-state index contributed by atoms with van der Waals surface area (Å²) >= 11 is 0. The molecule has 25 heavy (non-hydrogen) atoms. The summed E-state index contributed by atoms with van der Waals surface area (Å²) in [7, 11) is 0. The molecule has 1 aromatic rings. The van der Waals surface area contributed by atoms with Crippen LogP contribution in [0.5, 0.6) is 0 Å². The summed E-state index contributed by atoms with van der Waals surface area (Å²) in [5.74, 6) is 0.710. The molecule has 2 aliphatic heterocycles. The van der Waals surface area contributed by atoms with Crippen LogP contribution in [-0.2, 0) is 11.2 Å². The molecule has 6 nitrogen and oxygen atoms in total. The van der Waals surface area contributed by atoms with Crippen LogP contribution in [0, 0.1) is 5.92 Å². The van der Waals surface area contributed by atoms with Crippen molar-refractivity contribution >= 4 is 23.3 Å². The molecule has 0 aliphatic carbocycles. The van der Waals surface area contributed by atoms with Crippen molar-refractivity contribution < 1.29 is 9.59 Å². The Morgan fingerprint density at radius 3 is 2.84 bits per heavy atom. The highest BCUT2D eigenvalue weighted by Gasteiger charge is 2.24. The first-order valence-electron chi connectivity index (χ1n) is 9.36. The van der Waals surface area contributed by atoms with Crippen LogP contribution in [0.15, 0.2) is 18.2 Å². The highest BCUT2D eigenvalue weighted by molar-refractivity contribution is 5.96. The van der Waals surface area contributed by atoms with Crippen molar-refractivity contribution in [3.05, 3.63) is 23.8 Å². The second-order valence-corrected chi connectivity index (χ2v) is 6.86. The second-order valence-electron chi connectivity index (χ2n) is 6.86. The molecule has 3 N–H and O–H groups in total. The van der Waals surface area contributed by atoms with Gasteiger partial charge in [0, 0.05) is 25.2 Å². The van der Waals surface area contributed by atoms with E-state index >= 15 is 0 Å². The van der Waals surface area contributed by atoms with Gasteiger partial charge in [0.05, 0.1) is 5.69 Å². The number of hydrogen-bond donors (Lipinski definition) is 3. The fourth-order valence-electron chi connectivity index (χ4n) is 3.64. The molecule has 0 unspecified atom stereocenters. The average Bonchev–Trinajstić information content (AvgIpc) is 3.04. The Labute approximate surface area is 149 Å². The number of nitrogens with one attached hydrogen (secondary N) is 3. The predicted octanol–water partition coefficient (Wildman–Crippen LogP) is 2.50. The van der Waals surface area contributed by atoms with E-state index in [0.29, 0.717) is 25.4 Å². The molecule has 0 radical (unpaired) electrons. The maximum Gasteiger partial charge on any atom is 0.321 e. The molecule has 136 valence electrons. The Balaban J connectivity index is 1.57. The third kappa shape index (κ3) is 4.51. The highest BCUT2D eigenvalue weighted by atomic mass is 16.2. The van der Waals surface area contributed by atoms with Gasteiger partial charge in [-0.25, -0.2) is 4.79 Å². The Morgan fingerprint density at radius 2 is 2.08 bits per heavy atom. The molecule has 1 fully saturated rings. The molecule has 0 spiro atoms. The monoisotopic (exact) mass is 344 g/mol. The van der Waals surface area contributed by atoms with Gasteiger partial charge in [-0.15, -0.1) is 0 Å². The summed E-state index contributed by atoms with van der Waals surface area (Å²) in [4.78, 5) is 26.1. The number of carbonyl (C=O) groups excluding carboxylic acids is 2. The van der Waals surface area contributed by atoms with Gasteiger partial charge >= 0.3 is 6.03 Å². The molecule has 6 heteroatoms. The average molecular weight is 344 g/mol. The minimum atomic E-state index is -0.0735. The van der Waals surface area contributed by atoms with Crippen molar-refractivity contribution in [1.29, 1.82) is 0 Å². The lowest BCUT2D eigenvalue weighted by molar-refractivity contribution is -0.116. The van der Waals surface area contributed by atoms with E-state index in [1.807, 2.05) is 25.1 Å². The van der Waals surface area contributed by atoms with Crippen LogP contribution >= 0.6 is 0 Å². The molecule has 2 aliphatic rings. The van der Waals surface area contributed by atoms with Gasteiger partial charge < -0.3 is 16.0 Å². The van der Waals surface area contributed by atoms with Gasteiger partial charge in [0.15, 0.2) is 0 Å². The van der Waals surface area contributed by atoms with Gasteiger partial charge in [0.2, 0.25) is 5.91 Å². The quantitative estimate of drug-likeness (QED) is 0.768. The van der Waals surface area contributed by atoms with Crippen molar-refractivity contribution in [2.75, 3.05) is 36.4 Å². The minimum Gasteiger partial charge on any atom is -0.338 e. The maximum absolute atomic E-state index is 12.3. The van der Waals surface area contributed by atoms with Gasteiger partial charge in [-0.3, -0.25) is 9.69 Å². The summed E-state index contributed by atoms with van der Waals surface area (Å²) < 4.78 is 0. The standard InChI is InChI=1S/C19H28N4O2/c1-2-21-19(25)23-12-9-15-4-5-16(13-17(15)23)22-18(24)6-3-14-7-10-20-11-8-14/h4-5,13-14,20H,2-3,6-12H2,1H3,(H,21,25)(H,22,24). The lowest BCUT2D eigenvalue weighted by atomic mass is 9.93. The SMILES string of the molecule is CCNC(=O)N1CCc2ccc(NC(=O)CCC3CCNCC3)cc21. The first-order valence-corrected chi connectivity index (χ1v) is 9.36. The van der Waals surface area contributed by atoms with Gasteiger partial charge in [0.1, 0.15) is 0 Å². The largest absolute Gasteiger partial charge is 0.338 e. The van der Waals surface area contributed by atoms with E-state index in [0.717, 1.165) is 55.7 Å². The van der Waals surface area contributed by atoms with Crippen molar-refractivity contribution in [1.82, 2.24) is 10.6 Å². The number of nitrogens with zero attached hydrogens (tertiary/aromatic N) is 1. The van der Waals surface area contributed by atoms with Gasteiger partial charge in [0.25, 0.3) is 0 Å². The van der Waals surface area contributed by atoms with Crippen LogP contribution in [0.3, 0.4) is 0 Å². The molecule has 0 aromatic heterocycles. The predicted molar refractivity (Wildman–Crippen MR) is 100 cm³/mol. The third-order valence-electron chi connectivity index (χ3n) is 5.08. The van der Waals surface area contributed by atoms with Gasteiger partial charge in [-0.05, 0) is 69.3 Å². The Morgan fingerprint density at radius 1 is 1.28 bits per heavy atom. The smallest absolute Gasteiger partial charge is 0.321 e. The third-order valence-corrected chi connectivity index (χ3v) is 5.08. The van der Waals surface area contributed by atoms with Gasteiger partial charge in [-0.1, -0.05) is 6.07 Å². The van der Waals surface area contributed by atoms with Crippen LogP contribution in [0.2, 0.25) is 0 Å². The summed E-state index contributed by atoms with van der Waals surface area (Å²) in [6.45, 7) is 5.33. The zero-order valence-corrected chi connectivity index (χ0v) is 14.9. The molecule has 1 saturated heterocycles. The molecule has 1 aromatic carbocycles. The summed E-state index contributed by atoms with van der Waals surface area (Å²) in [5.41, 5.74) is 2.83. The number of amides is 3. The Hall–Kier alpha value is -2.08. The number of rotatable bonds is 5. The van der Waals surface area contributed by atoms with E-state index in [1.165, 1.54) is 0 Å². The van der Waals surface area contributed by atoms with Crippen LogP contribution in [-0.4, -0.2) is 38.1 Å². The summed E-state index contributed by atoms with van der Waals surface area (Å²) in [6.07, 6.45) is 4.68. The van der Waals surface area contributed by atoms with E-state index in [-0.39, 0.29) is 11.9 Å². The first-order chi connectivity index (χ1) is 12.2. The second kappa shape index (κ2) is 8.34. The zero-order chi connectivity index (χ0) is 17.6. The molecule has 2 heterocycles. The highest BCUT2D eigenvalue weighted by Crippen LogP contribution is 2.31. The molecule has 3 amide bonds. The van der Waals surface area contributed by atoms with Crippen LogP contribution in [0.4, 0.5) is 16.2 Å². The number of benzene rings is 1. The number of hydrogen-bond acceptors (Lipinski definition) is 3. The summed E-state index contributed by atoms with van der Waals surface area (Å²) in [5, 5.41) is 9.18.